The maximum atomic E-state index is 12.7. The number of hydrogen-bond acceptors (Lipinski definition) is 4. The first kappa shape index (κ1) is 16.4. The summed E-state index contributed by atoms with van der Waals surface area (Å²) in [6, 6.07) is 5.39. The van der Waals surface area contributed by atoms with Crippen LogP contribution in [0.5, 0.6) is 0 Å². The fraction of sp³-hybridized carbons (Fsp3) is 0.600. The highest BCUT2D eigenvalue weighted by atomic mass is 32.2. The van der Waals surface area contributed by atoms with Gasteiger partial charge in [-0.05, 0) is 50.0 Å². The Kier molecular flexibility index (Phi) is 5.37. The van der Waals surface area contributed by atoms with Crippen LogP contribution in [0.3, 0.4) is 0 Å². The van der Waals surface area contributed by atoms with Crippen LogP contribution in [-0.2, 0) is 16.6 Å². The molecule has 0 aliphatic carbocycles. The third kappa shape index (κ3) is 3.83. The molecule has 21 heavy (non-hydrogen) atoms. The van der Waals surface area contributed by atoms with Gasteiger partial charge in [0.1, 0.15) is 0 Å². The fourth-order valence-corrected chi connectivity index (χ4v) is 4.06. The summed E-state index contributed by atoms with van der Waals surface area (Å²) in [4.78, 5) is 2.68. The SMILES string of the molecule is Cc1ccc(CN)cc1S(=O)(=O)N(C)CCN1CCCC1. The van der Waals surface area contributed by atoms with Crippen molar-refractivity contribution in [3.63, 3.8) is 0 Å². The zero-order chi connectivity index (χ0) is 15.5. The maximum absolute atomic E-state index is 12.7. The molecule has 1 fully saturated rings. The standard InChI is InChI=1S/C15H25N3O2S/c1-13-5-6-14(12-16)11-15(13)21(19,20)17(2)9-10-18-7-3-4-8-18/h5-6,11H,3-4,7-10,12,16H2,1-2H3. The first-order valence-electron chi connectivity index (χ1n) is 7.43. The normalized spacial score (nSPS) is 16.8. The van der Waals surface area contributed by atoms with Gasteiger partial charge >= 0.3 is 0 Å². The van der Waals surface area contributed by atoms with Crippen LogP contribution in [0.2, 0.25) is 0 Å². The molecule has 1 aliphatic heterocycles. The highest BCUT2D eigenvalue weighted by Crippen LogP contribution is 2.20. The van der Waals surface area contributed by atoms with E-state index in [-0.39, 0.29) is 0 Å². The second-order valence-corrected chi connectivity index (χ2v) is 7.69. The van der Waals surface area contributed by atoms with Gasteiger partial charge in [-0.3, -0.25) is 0 Å². The predicted molar refractivity (Wildman–Crippen MR) is 84.6 cm³/mol. The summed E-state index contributed by atoms with van der Waals surface area (Å²) < 4.78 is 26.8. The Morgan fingerprint density at radius 3 is 2.57 bits per heavy atom. The molecule has 6 heteroatoms. The van der Waals surface area contributed by atoms with E-state index < -0.39 is 10.0 Å². The molecule has 1 heterocycles. The molecule has 0 radical (unpaired) electrons. The molecular formula is C15H25N3O2S. The highest BCUT2D eigenvalue weighted by Gasteiger charge is 2.24. The number of nitrogens with zero attached hydrogens (tertiary/aromatic N) is 2. The lowest BCUT2D eigenvalue weighted by atomic mass is 10.1. The van der Waals surface area contributed by atoms with Crippen LogP contribution < -0.4 is 5.73 Å². The van der Waals surface area contributed by atoms with E-state index in [1.807, 2.05) is 19.1 Å². The van der Waals surface area contributed by atoms with Gasteiger partial charge in [0.05, 0.1) is 4.90 Å². The zero-order valence-electron chi connectivity index (χ0n) is 12.9. The Morgan fingerprint density at radius 2 is 1.95 bits per heavy atom. The quantitative estimate of drug-likeness (QED) is 0.856. The average molecular weight is 311 g/mol. The maximum Gasteiger partial charge on any atom is 0.243 e. The summed E-state index contributed by atoms with van der Waals surface area (Å²) in [5.74, 6) is 0. The van der Waals surface area contributed by atoms with Gasteiger partial charge in [0, 0.05) is 26.7 Å². The van der Waals surface area contributed by atoms with Gasteiger partial charge in [-0.1, -0.05) is 12.1 Å². The number of hydrogen-bond donors (Lipinski definition) is 1. The van der Waals surface area contributed by atoms with Gasteiger partial charge in [-0.2, -0.15) is 4.31 Å². The first-order valence-corrected chi connectivity index (χ1v) is 8.87. The van der Waals surface area contributed by atoms with Crippen LogP contribution in [0.1, 0.15) is 24.0 Å². The number of likely N-dealkylation sites (tertiary alicyclic amines) is 1. The number of likely N-dealkylation sites (N-methyl/N-ethyl adjacent to an activating group) is 1. The molecule has 0 amide bonds. The van der Waals surface area contributed by atoms with Crippen molar-refractivity contribution in [3.05, 3.63) is 29.3 Å². The van der Waals surface area contributed by atoms with Crippen LogP contribution in [0.4, 0.5) is 0 Å². The Morgan fingerprint density at radius 1 is 1.29 bits per heavy atom. The third-order valence-corrected chi connectivity index (χ3v) is 6.11. The van der Waals surface area contributed by atoms with Crippen LogP contribution in [0, 0.1) is 6.92 Å². The smallest absolute Gasteiger partial charge is 0.243 e. The van der Waals surface area contributed by atoms with Gasteiger partial charge in [0.25, 0.3) is 0 Å². The van der Waals surface area contributed by atoms with E-state index in [4.69, 9.17) is 5.73 Å². The third-order valence-electron chi connectivity index (χ3n) is 4.11. The van der Waals surface area contributed by atoms with Gasteiger partial charge in [0.2, 0.25) is 10.0 Å². The predicted octanol–water partition coefficient (Wildman–Crippen LogP) is 1.17. The van der Waals surface area contributed by atoms with Crippen LogP contribution in [0.25, 0.3) is 0 Å². The molecule has 0 bridgehead atoms. The van der Waals surface area contributed by atoms with E-state index >= 15 is 0 Å². The molecule has 0 aromatic heterocycles. The van der Waals surface area contributed by atoms with E-state index in [0.717, 1.165) is 30.8 Å². The van der Waals surface area contributed by atoms with Crippen molar-refractivity contribution >= 4 is 10.0 Å². The molecule has 0 unspecified atom stereocenters. The number of nitrogens with two attached hydrogens (primary N) is 1. The molecule has 0 saturated carbocycles. The van der Waals surface area contributed by atoms with Crippen LogP contribution in [-0.4, -0.2) is 50.8 Å². The Balaban J connectivity index is 2.12. The average Bonchev–Trinajstić information content (AvgIpc) is 2.98. The van der Waals surface area contributed by atoms with Crippen LogP contribution >= 0.6 is 0 Å². The number of benzene rings is 1. The topological polar surface area (TPSA) is 66.6 Å². The lowest BCUT2D eigenvalue weighted by molar-refractivity contribution is 0.310. The Labute approximate surface area is 127 Å². The molecular weight excluding hydrogens is 286 g/mol. The van der Waals surface area contributed by atoms with Crippen molar-refractivity contribution in [1.82, 2.24) is 9.21 Å². The Hall–Kier alpha value is -0.950. The minimum absolute atomic E-state index is 0.348. The van der Waals surface area contributed by atoms with E-state index in [1.54, 1.807) is 13.1 Å². The largest absolute Gasteiger partial charge is 0.326 e. The second kappa shape index (κ2) is 6.87. The van der Waals surface area contributed by atoms with Gasteiger partial charge in [0.15, 0.2) is 0 Å². The second-order valence-electron chi connectivity index (χ2n) is 5.68. The summed E-state index contributed by atoms with van der Waals surface area (Å²) in [6.45, 7) is 5.65. The summed E-state index contributed by atoms with van der Waals surface area (Å²) in [5, 5.41) is 0. The summed E-state index contributed by atoms with van der Waals surface area (Å²) in [5.41, 5.74) is 7.22. The molecule has 5 nitrogen and oxygen atoms in total. The molecule has 1 saturated heterocycles. The van der Waals surface area contributed by atoms with Crippen molar-refractivity contribution in [3.8, 4) is 0 Å². The number of aryl methyl sites for hydroxylation is 1. The number of sulfonamides is 1. The summed E-state index contributed by atoms with van der Waals surface area (Å²) in [7, 11) is -1.79. The van der Waals surface area contributed by atoms with Gasteiger partial charge in [-0.25, -0.2) is 8.42 Å². The fourth-order valence-electron chi connectivity index (χ4n) is 2.63. The van der Waals surface area contributed by atoms with E-state index in [1.165, 1.54) is 17.1 Å². The van der Waals surface area contributed by atoms with E-state index in [9.17, 15) is 8.42 Å². The molecule has 1 aromatic rings. The molecule has 1 aliphatic rings. The monoisotopic (exact) mass is 311 g/mol. The van der Waals surface area contributed by atoms with Gasteiger partial charge < -0.3 is 10.6 Å². The Bertz CT molecular complexity index is 581. The summed E-state index contributed by atoms with van der Waals surface area (Å²) in [6.07, 6.45) is 2.43. The summed E-state index contributed by atoms with van der Waals surface area (Å²) >= 11 is 0. The molecule has 0 spiro atoms. The molecule has 1 aromatic carbocycles. The van der Waals surface area contributed by atoms with Crippen molar-refractivity contribution in [2.24, 2.45) is 5.73 Å². The van der Waals surface area contributed by atoms with E-state index in [0.29, 0.717) is 18.0 Å². The minimum atomic E-state index is -3.44. The molecule has 2 N–H and O–H groups in total. The van der Waals surface area contributed by atoms with E-state index in [2.05, 4.69) is 4.90 Å². The van der Waals surface area contributed by atoms with Crippen molar-refractivity contribution in [2.75, 3.05) is 33.2 Å². The van der Waals surface area contributed by atoms with Crippen molar-refractivity contribution < 1.29 is 8.42 Å². The highest BCUT2D eigenvalue weighted by molar-refractivity contribution is 7.89. The zero-order valence-corrected chi connectivity index (χ0v) is 13.7. The van der Waals surface area contributed by atoms with Crippen molar-refractivity contribution in [1.29, 1.82) is 0 Å². The lowest BCUT2D eigenvalue weighted by Gasteiger charge is -2.22. The van der Waals surface area contributed by atoms with Crippen molar-refractivity contribution in [2.45, 2.75) is 31.2 Å². The van der Waals surface area contributed by atoms with Gasteiger partial charge in [-0.15, -0.1) is 0 Å². The number of rotatable bonds is 6. The molecule has 0 atom stereocenters. The minimum Gasteiger partial charge on any atom is -0.326 e. The first-order chi connectivity index (χ1) is 9.95. The lowest BCUT2D eigenvalue weighted by Crippen LogP contribution is -2.35. The molecule has 118 valence electrons. The van der Waals surface area contributed by atoms with Crippen LogP contribution in [0.15, 0.2) is 23.1 Å². The molecule has 2 rings (SSSR count).